The predicted octanol–water partition coefficient (Wildman–Crippen LogP) is -8.94. The standard InChI is InChI=1S/C55H101N25O14/c1-7-27(4)39(78-49(91)41(29(6)82)80-50(92)40(28(5)81)79-46(88)35(15-11-21-70-55(64)65)72-42(84)31(56)16-17-38(57)83)48(90)75-34(14-10-20-69-54(62)63)43(85)73-32(12-8-18-67-52(58)59)44(86)76-36(22-26(2)3)47(89)74-33(13-9-19-68-53(60)61)45(87)77-37(51(93)94)23-30-24-66-25-71-30/h24-29,31-37,39-41,81-82H,7-23,56H2,1-6H3,(H2,57,83)(H,66,71)(H,72,84)(H,73,85)(H,74,89)(H,75,90)(H,76,86)(H,77,87)(H,78,91)(H,79,88)(H,80,92)(H,93,94)(H4,58,59,67)(H4,60,61,68)(H4,62,63,69)(H4,64,65,70)/t27-,28+,29+,31-,32-,33-,34-,35-,36-,37-,39-,40-,41-/m0/s1. The van der Waals surface area contributed by atoms with Crippen molar-refractivity contribution in [1.29, 1.82) is 0 Å². The third kappa shape index (κ3) is 33.1. The number of aromatic amines is 1. The number of carbonyl (C=O) groups excluding carboxylic acids is 10. The third-order valence-electron chi connectivity index (χ3n) is 14.2. The number of primary amides is 1. The van der Waals surface area contributed by atoms with Gasteiger partial charge in [-0.2, -0.15) is 0 Å². The summed E-state index contributed by atoms with van der Waals surface area (Å²) in [6.45, 7) is 8.92. The van der Waals surface area contributed by atoms with Crippen molar-refractivity contribution in [3.05, 3.63) is 18.2 Å². The van der Waals surface area contributed by atoms with Crippen LogP contribution in [0.5, 0.6) is 0 Å². The molecule has 13 atom stereocenters. The van der Waals surface area contributed by atoms with E-state index in [2.05, 4.69) is 77.8 Å². The molecule has 0 saturated carbocycles. The highest BCUT2D eigenvalue weighted by atomic mass is 16.4. The molecule has 0 saturated heterocycles. The van der Waals surface area contributed by atoms with Gasteiger partial charge in [-0.1, -0.05) is 34.1 Å². The molecule has 0 spiro atoms. The number of H-pyrrole nitrogens is 1. The number of hydrogen-bond donors (Lipinski definition) is 23. The predicted molar refractivity (Wildman–Crippen MR) is 346 cm³/mol. The van der Waals surface area contributed by atoms with E-state index in [1.165, 1.54) is 12.5 Å². The lowest BCUT2D eigenvalue weighted by atomic mass is 9.96. The van der Waals surface area contributed by atoms with E-state index in [-0.39, 0.29) is 139 Å². The fourth-order valence-electron chi connectivity index (χ4n) is 8.92. The molecule has 0 unspecified atom stereocenters. The van der Waals surface area contributed by atoms with Gasteiger partial charge in [0.1, 0.15) is 54.4 Å². The molecule has 530 valence electrons. The number of rotatable bonds is 46. The quantitative estimate of drug-likeness (QED) is 0.0164. The number of aliphatic imine (C=N–C) groups is 4. The van der Waals surface area contributed by atoms with E-state index in [1.807, 2.05) is 0 Å². The van der Waals surface area contributed by atoms with Gasteiger partial charge in [-0.05, 0) is 89.9 Å². The van der Waals surface area contributed by atoms with Crippen molar-refractivity contribution in [2.45, 2.75) is 198 Å². The molecule has 94 heavy (non-hydrogen) atoms. The first kappa shape index (κ1) is 82.4. The Morgan fingerprint density at radius 2 is 0.798 bits per heavy atom. The fraction of sp³-hybridized carbons (Fsp3) is 0.673. The smallest absolute Gasteiger partial charge is 0.326 e. The van der Waals surface area contributed by atoms with Crippen LogP contribution in [0.4, 0.5) is 0 Å². The molecule has 0 aliphatic rings. The summed E-state index contributed by atoms with van der Waals surface area (Å²) < 4.78 is 0. The molecule has 0 aliphatic carbocycles. The summed E-state index contributed by atoms with van der Waals surface area (Å²) in [7, 11) is 0. The first-order valence-electron chi connectivity index (χ1n) is 30.6. The molecule has 0 radical (unpaired) electrons. The highest BCUT2D eigenvalue weighted by Crippen LogP contribution is 2.14. The number of imidazole rings is 1. The maximum atomic E-state index is 14.6. The van der Waals surface area contributed by atoms with Gasteiger partial charge in [-0.3, -0.25) is 67.9 Å². The molecule has 1 rings (SSSR count). The second kappa shape index (κ2) is 43.2. The highest BCUT2D eigenvalue weighted by molar-refractivity contribution is 5.99. The molecule has 39 nitrogen and oxygen atoms in total. The Kier molecular flexibility index (Phi) is 37.9. The maximum Gasteiger partial charge on any atom is 0.326 e. The number of nitrogens with zero attached hydrogens (tertiary/aromatic N) is 5. The normalized spacial score (nSPS) is 15.2. The molecule has 10 amide bonds. The summed E-state index contributed by atoms with van der Waals surface area (Å²) in [6, 6.07) is -15.3. The monoisotopic (exact) mass is 1340 g/mol. The van der Waals surface area contributed by atoms with E-state index in [0.29, 0.717) is 5.69 Å². The zero-order valence-corrected chi connectivity index (χ0v) is 54.1. The molecular formula is C55H101N25O14. The van der Waals surface area contributed by atoms with Crippen LogP contribution in [0, 0.1) is 11.8 Å². The van der Waals surface area contributed by atoms with Gasteiger partial charge in [0.25, 0.3) is 0 Å². The minimum atomic E-state index is -1.89. The summed E-state index contributed by atoms with van der Waals surface area (Å²) in [5, 5.41) is 54.3. The molecule has 0 fully saturated rings. The molecule has 33 N–H and O–H groups in total. The Labute approximate surface area is 544 Å². The maximum absolute atomic E-state index is 14.6. The van der Waals surface area contributed by atoms with Crippen LogP contribution in [-0.4, -0.2) is 213 Å². The number of aliphatic hydroxyl groups excluding tert-OH is 2. The number of nitrogens with two attached hydrogens (primary N) is 10. The van der Waals surface area contributed by atoms with Gasteiger partial charge >= 0.3 is 5.97 Å². The number of hydrogen-bond acceptors (Lipinski definition) is 19. The molecule has 0 aliphatic heterocycles. The molecule has 39 heteroatoms. The van der Waals surface area contributed by atoms with E-state index in [1.54, 1.807) is 27.7 Å². The first-order valence-corrected chi connectivity index (χ1v) is 30.6. The van der Waals surface area contributed by atoms with Crippen LogP contribution in [0.3, 0.4) is 0 Å². The lowest BCUT2D eigenvalue weighted by Crippen LogP contribution is -2.64. The average Bonchev–Trinajstić information content (AvgIpc) is 0.946. The average molecular weight is 1340 g/mol. The van der Waals surface area contributed by atoms with Crippen LogP contribution in [0.1, 0.15) is 124 Å². The Hall–Kier alpha value is -9.66. The van der Waals surface area contributed by atoms with Crippen LogP contribution in [-0.2, 0) is 59.2 Å². The zero-order chi connectivity index (χ0) is 71.4. The largest absolute Gasteiger partial charge is 0.480 e. The second-order valence-corrected chi connectivity index (χ2v) is 22.8. The number of carbonyl (C=O) groups is 11. The summed E-state index contributed by atoms with van der Waals surface area (Å²) >= 11 is 0. The number of carboxylic acids is 1. The van der Waals surface area contributed by atoms with Gasteiger partial charge in [0, 0.05) is 50.9 Å². The van der Waals surface area contributed by atoms with E-state index in [9.17, 15) is 68.1 Å². The molecule has 0 bridgehead atoms. The van der Waals surface area contributed by atoms with Crippen LogP contribution >= 0.6 is 0 Å². The van der Waals surface area contributed by atoms with Crippen LogP contribution in [0.25, 0.3) is 0 Å². The Morgan fingerprint density at radius 1 is 0.468 bits per heavy atom. The Bertz CT molecular complexity index is 2750. The van der Waals surface area contributed by atoms with Crippen molar-refractivity contribution >= 4 is 88.9 Å². The molecule has 0 aromatic carbocycles. The third-order valence-corrected chi connectivity index (χ3v) is 14.2. The van der Waals surface area contributed by atoms with Crippen molar-refractivity contribution in [2.75, 3.05) is 26.2 Å². The van der Waals surface area contributed by atoms with Crippen molar-refractivity contribution in [3.8, 4) is 0 Å². The zero-order valence-electron chi connectivity index (χ0n) is 54.1. The van der Waals surface area contributed by atoms with Crippen LogP contribution in [0.2, 0.25) is 0 Å². The number of aromatic nitrogens is 2. The molecule has 1 aromatic rings. The van der Waals surface area contributed by atoms with Gasteiger partial charge in [0.05, 0.1) is 24.6 Å². The molecule has 1 aromatic heterocycles. The summed E-state index contributed by atoms with van der Waals surface area (Å²) in [6.07, 6.45) is -1.42. The first-order chi connectivity index (χ1) is 44.1. The highest BCUT2D eigenvalue weighted by Gasteiger charge is 2.39. The van der Waals surface area contributed by atoms with Crippen molar-refractivity contribution in [1.82, 2.24) is 57.8 Å². The molecule has 1 heterocycles. The van der Waals surface area contributed by atoms with Gasteiger partial charge in [-0.25, -0.2) is 9.78 Å². The van der Waals surface area contributed by atoms with Crippen molar-refractivity contribution in [2.24, 2.45) is 89.1 Å². The number of carboxylic acid groups (broad SMARTS) is 1. The number of amides is 10. The van der Waals surface area contributed by atoms with E-state index >= 15 is 0 Å². The SMILES string of the molecule is CC[C@H](C)[C@H](NC(=O)[C@@H](NC(=O)[C@@H](NC(=O)[C@H](CCCN=C(N)N)NC(=O)[C@@H](N)CCC(N)=O)[C@@H](C)O)[C@@H](C)O)C(=O)N[C@@H](CCCN=C(N)N)C(=O)N[C@@H](CCCN=C(N)N)C(=O)N[C@@H](CC(C)C)C(=O)N[C@@H](CCCN=C(N)N)C(=O)N[C@@H](Cc1cnc[nH]1)C(=O)O. The Morgan fingerprint density at radius 3 is 1.14 bits per heavy atom. The lowest BCUT2D eigenvalue weighted by Gasteiger charge is -2.31. The fourth-order valence-corrected chi connectivity index (χ4v) is 8.92. The van der Waals surface area contributed by atoms with Gasteiger partial charge < -0.3 is 125 Å². The summed E-state index contributed by atoms with van der Waals surface area (Å²) in [5.41, 5.74) is 55.5. The topological polar surface area (TPSA) is 695 Å². The van der Waals surface area contributed by atoms with E-state index in [0.717, 1.165) is 13.8 Å². The summed E-state index contributed by atoms with van der Waals surface area (Å²) in [4.78, 5) is 173. The van der Waals surface area contributed by atoms with E-state index in [4.69, 9.17) is 57.3 Å². The number of guanidine groups is 4. The minimum Gasteiger partial charge on any atom is -0.480 e. The second-order valence-electron chi connectivity index (χ2n) is 22.8. The minimum absolute atomic E-state index is 0.00432. The molecular weight excluding hydrogens is 1230 g/mol. The summed E-state index contributed by atoms with van der Waals surface area (Å²) in [5.74, 6) is -13.1. The van der Waals surface area contributed by atoms with Crippen LogP contribution in [0.15, 0.2) is 32.5 Å². The van der Waals surface area contributed by atoms with Gasteiger partial charge in [0.2, 0.25) is 59.1 Å². The van der Waals surface area contributed by atoms with Gasteiger partial charge in [0.15, 0.2) is 23.8 Å². The van der Waals surface area contributed by atoms with Crippen molar-refractivity contribution in [3.63, 3.8) is 0 Å². The van der Waals surface area contributed by atoms with E-state index < -0.39 is 144 Å². The lowest BCUT2D eigenvalue weighted by molar-refractivity contribution is -0.142. The van der Waals surface area contributed by atoms with Gasteiger partial charge in [-0.15, -0.1) is 0 Å². The number of aliphatic carboxylic acids is 1. The number of aliphatic hydroxyl groups is 2. The Balaban J connectivity index is 3.70. The van der Waals surface area contributed by atoms with Crippen molar-refractivity contribution < 1.29 is 68.1 Å². The van der Waals surface area contributed by atoms with Crippen LogP contribution < -0.4 is 105 Å². The number of nitrogens with one attached hydrogen (secondary N) is 10.